The number of aromatic nitrogens is 1. The van der Waals surface area contributed by atoms with E-state index in [1.165, 1.54) is 32.1 Å². The number of ether oxygens (including phenoxy) is 1. The normalized spacial score (nSPS) is 22.4. The van der Waals surface area contributed by atoms with Crippen molar-refractivity contribution in [1.29, 1.82) is 0 Å². The number of thiophene rings is 1. The fourth-order valence-corrected chi connectivity index (χ4v) is 4.89. The lowest BCUT2D eigenvalue weighted by Gasteiger charge is -2.31. The Balaban J connectivity index is 1.43. The SMILES string of the molecule is COc1nc2sccc2cc1C(=O)NC1CCN(C2CCCCC2)C1. The quantitative estimate of drug-likeness (QED) is 0.908. The average Bonchev–Trinajstić information content (AvgIpc) is 3.30. The zero-order chi connectivity index (χ0) is 17.2. The summed E-state index contributed by atoms with van der Waals surface area (Å²) in [6, 6.07) is 4.82. The van der Waals surface area contributed by atoms with E-state index in [2.05, 4.69) is 15.2 Å². The first-order chi connectivity index (χ1) is 12.2. The van der Waals surface area contributed by atoms with Gasteiger partial charge in [0, 0.05) is 30.6 Å². The number of hydrogen-bond donors (Lipinski definition) is 1. The summed E-state index contributed by atoms with van der Waals surface area (Å²) >= 11 is 1.56. The second-order valence-electron chi connectivity index (χ2n) is 7.11. The molecule has 2 aliphatic rings. The largest absolute Gasteiger partial charge is 0.480 e. The third-order valence-electron chi connectivity index (χ3n) is 5.49. The molecule has 1 saturated heterocycles. The van der Waals surface area contributed by atoms with Crippen LogP contribution in [0.25, 0.3) is 10.2 Å². The molecule has 6 heteroatoms. The lowest BCUT2D eigenvalue weighted by molar-refractivity contribution is 0.0931. The molecular weight excluding hydrogens is 334 g/mol. The van der Waals surface area contributed by atoms with E-state index in [0.717, 1.165) is 29.7 Å². The topological polar surface area (TPSA) is 54.5 Å². The number of nitrogens with zero attached hydrogens (tertiary/aromatic N) is 2. The van der Waals surface area contributed by atoms with Crippen LogP contribution in [0.1, 0.15) is 48.9 Å². The summed E-state index contributed by atoms with van der Waals surface area (Å²) in [4.78, 5) is 20.7. The third kappa shape index (κ3) is 3.51. The summed E-state index contributed by atoms with van der Waals surface area (Å²) in [5, 5.41) is 6.17. The molecule has 1 saturated carbocycles. The van der Waals surface area contributed by atoms with E-state index in [1.54, 1.807) is 18.4 Å². The Morgan fingerprint density at radius 3 is 2.96 bits per heavy atom. The number of amides is 1. The van der Waals surface area contributed by atoms with Gasteiger partial charge in [0.05, 0.1) is 7.11 Å². The molecule has 1 aliphatic carbocycles. The summed E-state index contributed by atoms with van der Waals surface area (Å²) in [7, 11) is 1.57. The van der Waals surface area contributed by atoms with E-state index in [9.17, 15) is 4.79 Å². The van der Waals surface area contributed by atoms with Crippen LogP contribution in [-0.2, 0) is 0 Å². The molecular formula is C19H25N3O2S. The molecule has 1 amide bonds. The predicted octanol–water partition coefficient (Wildman–Crippen LogP) is 3.44. The summed E-state index contributed by atoms with van der Waals surface area (Å²) in [5.74, 6) is 0.336. The zero-order valence-corrected chi connectivity index (χ0v) is 15.5. The van der Waals surface area contributed by atoms with E-state index < -0.39 is 0 Å². The minimum absolute atomic E-state index is 0.0760. The van der Waals surface area contributed by atoms with Gasteiger partial charge in [-0.15, -0.1) is 11.3 Å². The Bertz CT molecular complexity index is 754. The first kappa shape index (κ1) is 16.8. The van der Waals surface area contributed by atoms with Crippen molar-refractivity contribution in [1.82, 2.24) is 15.2 Å². The Labute approximate surface area is 152 Å². The first-order valence-electron chi connectivity index (χ1n) is 9.22. The molecule has 5 nitrogen and oxygen atoms in total. The van der Waals surface area contributed by atoms with Crippen molar-refractivity contribution < 1.29 is 9.53 Å². The number of carbonyl (C=O) groups excluding carboxylic acids is 1. The monoisotopic (exact) mass is 359 g/mol. The molecule has 2 aromatic heterocycles. The van der Waals surface area contributed by atoms with Crippen LogP contribution in [0.2, 0.25) is 0 Å². The standard InChI is InChI=1S/C19H25N3O2S/c1-24-18-16(11-13-8-10-25-19(13)21-18)17(23)20-14-7-9-22(12-14)15-5-3-2-4-6-15/h8,10-11,14-15H,2-7,9,12H2,1H3,(H,20,23). The van der Waals surface area contributed by atoms with Gasteiger partial charge < -0.3 is 10.1 Å². The maximum absolute atomic E-state index is 12.8. The summed E-state index contributed by atoms with van der Waals surface area (Å²) in [6.07, 6.45) is 7.73. The minimum Gasteiger partial charge on any atom is -0.480 e. The van der Waals surface area contributed by atoms with Crippen molar-refractivity contribution >= 4 is 27.5 Å². The van der Waals surface area contributed by atoms with E-state index in [0.29, 0.717) is 17.5 Å². The Hall–Kier alpha value is -1.66. The fraction of sp³-hybridized carbons (Fsp3) is 0.579. The number of likely N-dealkylation sites (tertiary alicyclic amines) is 1. The summed E-state index contributed by atoms with van der Waals surface area (Å²) in [5.41, 5.74) is 0.532. The number of rotatable bonds is 4. The smallest absolute Gasteiger partial charge is 0.257 e. The van der Waals surface area contributed by atoms with Gasteiger partial charge in [-0.2, -0.15) is 0 Å². The lowest BCUT2D eigenvalue weighted by Crippen LogP contribution is -2.40. The number of pyridine rings is 1. The van der Waals surface area contributed by atoms with Crippen LogP contribution in [0.15, 0.2) is 17.5 Å². The van der Waals surface area contributed by atoms with Gasteiger partial charge in [-0.3, -0.25) is 9.69 Å². The van der Waals surface area contributed by atoms with Gasteiger partial charge in [0.1, 0.15) is 10.4 Å². The average molecular weight is 359 g/mol. The molecule has 0 aromatic carbocycles. The van der Waals surface area contributed by atoms with Crippen molar-refractivity contribution in [3.8, 4) is 5.88 Å². The molecule has 0 bridgehead atoms. The number of fused-ring (bicyclic) bond motifs is 1. The molecule has 0 spiro atoms. The van der Waals surface area contributed by atoms with Crippen LogP contribution >= 0.6 is 11.3 Å². The molecule has 2 fully saturated rings. The minimum atomic E-state index is -0.0760. The van der Waals surface area contributed by atoms with Gasteiger partial charge in [0.2, 0.25) is 5.88 Å². The highest BCUT2D eigenvalue weighted by Crippen LogP contribution is 2.28. The van der Waals surface area contributed by atoms with Crippen LogP contribution in [0.4, 0.5) is 0 Å². The van der Waals surface area contributed by atoms with Gasteiger partial charge in [0.15, 0.2) is 0 Å². The van der Waals surface area contributed by atoms with Crippen LogP contribution in [0.5, 0.6) is 5.88 Å². The van der Waals surface area contributed by atoms with Gasteiger partial charge in [0.25, 0.3) is 5.91 Å². The van der Waals surface area contributed by atoms with Gasteiger partial charge in [-0.05, 0) is 36.8 Å². The second-order valence-corrected chi connectivity index (χ2v) is 8.00. The van der Waals surface area contributed by atoms with Crippen molar-refractivity contribution in [3.05, 3.63) is 23.1 Å². The summed E-state index contributed by atoms with van der Waals surface area (Å²) < 4.78 is 5.35. The molecule has 2 aromatic rings. The Morgan fingerprint density at radius 1 is 1.32 bits per heavy atom. The third-order valence-corrected chi connectivity index (χ3v) is 6.31. The lowest BCUT2D eigenvalue weighted by atomic mass is 9.94. The van der Waals surface area contributed by atoms with Crippen LogP contribution in [0.3, 0.4) is 0 Å². The molecule has 25 heavy (non-hydrogen) atoms. The van der Waals surface area contributed by atoms with Crippen molar-refractivity contribution in [2.45, 2.75) is 50.6 Å². The molecule has 1 N–H and O–H groups in total. The highest BCUT2D eigenvalue weighted by Gasteiger charge is 2.30. The molecule has 1 aliphatic heterocycles. The number of methoxy groups -OCH3 is 1. The zero-order valence-electron chi connectivity index (χ0n) is 14.7. The molecule has 0 radical (unpaired) electrons. The van der Waals surface area contributed by atoms with Gasteiger partial charge >= 0.3 is 0 Å². The predicted molar refractivity (Wildman–Crippen MR) is 100 cm³/mol. The van der Waals surface area contributed by atoms with Crippen LogP contribution < -0.4 is 10.1 Å². The van der Waals surface area contributed by atoms with Crippen molar-refractivity contribution in [2.75, 3.05) is 20.2 Å². The van der Waals surface area contributed by atoms with E-state index >= 15 is 0 Å². The highest BCUT2D eigenvalue weighted by atomic mass is 32.1. The van der Waals surface area contributed by atoms with E-state index in [4.69, 9.17) is 4.74 Å². The number of carbonyl (C=O) groups is 1. The summed E-state index contributed by atoms with van der Waals surface area (Å²) in [6.45, 7) is 2.06. The van der Waals surface area contributed by atoms with E-state index in [1.807, 2.05) is 17.5 Å². The maximum Gasteiger partial charge on any atom is 0.257 e. The fourth-order valence-electron chi connectivity index (χ4n) is 4.15. The molecule has 134 valence electrons. The van der Waals surface area contributed by atoms with Gasteiger partial charge in [-0.25, -0.2) is 4.98 Å². The first-order valence-corrected chi connectivity index (χ1v) is 10.1. The number of nitrogens with one attached hydrogen (secondary N) is 1. The van der Waals surface area contributed by atoms with Gasteiger partial charge in [-0.1, -0.05) is 19.3 Å². The number of hydrogen-bond acceptors (Lipinski definition) is 5. The van der Waals surface area contributed by atoms with Crippen molar-refractivity contribution in [3.63, 3.8) is 0 Å². The highest BCUT2D eigenvalue weighted by molar-refractivity contribution is 7.16. The maximum atomic E-state index is 12.8. The molecule has 1 unspecified atom stereocenters. The molecule has 1 atom stereocenters. The van der Waals surface area contributed by atoms with Crippen LogP contribution in [0, 0.1) is 0 Å². The van der Waals surface area contributed by atoms with Crippen molar-refractivity contribution in [2.24, 2.45) is 0 Å². The second kappa shape index (κ2) is 7.30. The van der Waals surface area contributed by atoms with E-state index in [-0.39, 0.29) is 11.9 Å². The Kier molecular flexibility index (Phi) is 4.90. The Morgan fingerprint density at radius 2 is 2.16 bits per heavy atom. The van der Waals surface area contributed by atoms with Crippen LogP contribution in [-0.4, -0.2) is 48.1 Å². The molecule has 4 rings (SSSR count). The molecule has 3 heterocycles.